The minimum atomic E-state index is -5.08. The third-order valence-electron chi connectivity index (χ3n) is 5.52. The average molecular weight is 619 g/mol. The Morgan fingerprint density at radius 2 is 1.83 bits per heavy atom. The number of rotatable bonds is 5. The minimum Gasteiger partial charge on any atom is -0.475 e. The van der Waals surface area contributed by atoms with E-state index >= 15 is 0 Å². The summed E-state index contributed by atoms with van der Waals surface area (Å²) >= 11 is 6.43. The van der Waals surface area contributed by atoms with Crippen molar-refractivity contribution >= 4 is 50.6 Å². The maximum Gasteiger partial charge on any atom is 0.490 e. The van der Waals surface area contributed by atoms with Crippen LogP contribution in [0.15, 0.2) is 42.5 Å². The van der Waals surface area contributed by atoms with E-state index in [1.165, 1.54) is 0 Å². The fourth-order valence-corrected chi connectivity index (χ4v) is 5.68. The number of nitrogens with zero attached hydrogens (tertiary/aromatic N) is 1. The molecule has 2 aromatic carbocycles. The van der Waals surface area contributed by atoms with Crippen molar-refractivity contribution in [2.75, 3.05) is 0 Å². The SMILES string of the molecule is CC(C)(C)OC(=O)N[C@@H](Cc1ccc([C@@H]2CC(=O)NS2(=O)=O)c(Cl)c1)c1nc2ccccc2[nH]1.O=C(O)C(F)(F)F. The molecule has 11 nitrogen and oxygen atoms in total. The molecule has 41 heavy (non-hydrogen) atoms. The first kappa shape index (κ1) is 31.7. The number of amides is 2. The normalized spacial score (nSPS) is 17.2. The Hall–Kier alpha value is -3.85. The summed E-state index contributed by atoms with van der Waals surface area (Å²) in [5.41, 5.74) is 2.00. The van der Waals surface area contributed by atoms with Gasteiger partial charge in [0.1, 0.15) is 16.7 Å². The Labute approximate surface area is 237 Å². The molecule has 0 aliphatic carbocycles. The summed E-state index contributed by atoms with van der Waals surface area (Å²) in [4.78, 5) is 40.9. The molecule has 2 atom stereocenters. The van der Waals surface area contributed by atoms with Crippen molar-refractivity contribution in [1.29, 1.82) is 0 Å². The summed E-state index contributed by atoms with van der Waals surface area (Å²) in [5.74, 6) is -2.77. The first-order valence-electron chi connectivity index (χ1n) is 11.9. The molecule has 4 N–H and O–H groups in total. The van der Waals surface area contributed by atoms with Gasteiger partial charge in [-0.15, -0.1) is 0 Å². The van der Waals surface area contributed by atoms with Gasteiger partial charge in [0.05, 0.1) is 23.5 Å². The molecule has 16 heteroatoms. The fraction of sp³-hybridized carbons (Fsp3) is 0.360. The molecule has 1 saturated heterocycles. The Morgan fingerprint density at radius 1 is 1.20 bits per heavy atom. The number of H-pyrrole nitrogens is 1. The van der Waals surface area contributed by atoms with E-state index in [4.69, 9.17) is 26.2 Å². The molecule has 0 saturated carbocycles. The molecule has 4 rings (SSSR count). The van der Waals surface area contributed by atoms with Gasteiger partial charge in [-0.1, -0.05) is 35.9 Å². The van der Waals surface area contributed by atoms with Gasteiger partial charge in [-0.2, -0.15) is 13.2 Å². The molecule has 1 aliphatic heterocycles. The highest BCUT2D eigenvalue weighted by Gasteiger charge is 2.39. The zero-order valence-electron chi connectivity index (χ0n) is 21.9. The van der Waals surface area contributed by atoms with Crippen LogP contribution in [-0.2, 0) is 30.8 Å². The molecule has 0 radical (unpaired) electrons. The lowest BCUT2D eigenvalue weighted by molar-refractivity contribution is -0.192. The number of hydrogen-bond donors (Lipinski definition) is 4. The molecular weight excluding hydrogens is 593 g/mol. The first-order chi connectivity index (χ1) is 18.9. The molecular formula is C25H26ClF3N4O7S. The zero-order valence-corrected chi connectivity index (χ0v) is 23.4. The maximum absolute atomic E-state index is 12.5. The number of carboxylic acid groups (broad SMARTS) is 1. The highest BCUT2D eigenvalue weighted by molar-refractivity contribution is 7.90. The summed E-state index contributed by atoms with van der Waals surface area (Å²) in [5, 5.41) is 9.17. The third kappa shape index (κ3) is 8.57. The van der Waals surface area contributed by atoms with Crippen molar-refractivity contribution in [2.24, 2.45) is 0 Å². The maximum atomic E-state index is 12.5. The van der Waals surface area contributed by atoms with Crippen LogP contribution in [0.2, 0.25) is 5.02 Å². The Kier molecular flexibility index (Phi) is 9.23. The number of carbonyl (C=O) groups excluding carboxylic acids is 2. The van der Waals surface area contributed by atoms with E-state index in [1.807, 2.05) is 29.0 Å². The predicted molar refractivity (Wildman–Crippen MR) is 141 cm³/mol. The van der Waals surface area contributed by atoms with Gasteiger partial charge < -0.3 is 20.1 Å². The van der Waals surface area contributed by atoms with E-state index in [9.17, 15) is 31.2 Å². The Morgan fingerprint density at radius 3 is 2.34 bits per heavy atom. The summed E-state index contributed by atoms with van der Waals surface area (Å²) in [7, 11) is -3.81. The van der Waals surface area contributed by atoms with Crippen LogP contribution in [0.5, 0.6) is 0 Å². The van der Waals surface area contributed by atoms with Gasteiger partial charge in [0.25, 0.3) is 0 Å². The van der Waals surface area contributed by atoms with E-state index in [2.05, 4.69) is 15.3 Å². The molecule has 222 valence electrons. The summed E-state index contributed by atoms with van der Waals surface area (Å²) in [6, 6.07) is 11.9. The lowest BCUT2D eigenvalue weighted by atomic mass is 10.0. The van der Waals surface area contributed by atoms with Crippen LogP contribution >= 0.6 is 11.6 Å². The standard InChI is InChI=1S/C23H25ClN4O5S.C2HF3O2/c1-23(2,3)33-22(30)27-18(21-25-16-6-4-5-7-17(16)26-21)11-13-8-9-14(15(24)10-13)19-12-20(29)28-34(19,31)32;3-2(4,5)1(6)7/h4-10,18-19H,11-12H2,1-3H3,(H,25,26)(H,27,30)(H,28,29);(H,6,7)/t18-,19-;/m0./s1. The highest BCUT2D eigenvalue weighted by atomic mass is 35.5. The molecule has 0 unspecified atom stereocenters. The van der Waals surface area contributed by atoms with Crippen LogP contribution in [0, 0.1) is 0 Å². The second-order valence-electron chi connectivity index (χ2n) is 9.96. The topological polar surface area (TPSA) is 168 Å². The largest absolute Gasteiger partial charge is 0.490 e. The van der Waals surface area contributed by atoms with Gasteiger partial charge in [0.2, 0.25) is 15.9 Å². The van der Waals surface area contributed by atoms with Crippen LogP contribution in [-0.4, -0.2) is 53.2 Å². The molecule has 1 fully saturated rings. The van der Waals surface area contributed by atoms with Gasteiger partial charge in [0, 0.05) is 11.4 Å². The number of hydrogen-bond acceptors (Lipinski definition) is 7. The smallest absolute Gasteiger partial charge is 0.475 e. The lowest BCUT2D eigenvalue weighted by Gasteiger charge is -2.23. The van der Waals surface area contributed by atoms with Crippen LogP contribution in [0.4, 0.5) is 18.0 Å². The predicted octanol–water partition coefficient (Wildman–Crippen LogP) is 4.55. The van der Waals surface area contributed by atoms with Crippen molar-refractivity contribution in [1.82, 2.24) is 20.0 Å². The lowest BCUT2D eigenvalue weighted by Crippen LogP contribution is -2.36. The van der Waals surface area contributed by atoms with Gasteiger partial charge in [-0.25, -0.2) is 23.0 Å². The van der Waals surface area contributed by atoms with Gasteiger partial charge in [0.15, 0.2) is 0 Å². The first-order valence-corrected chi connectivity index (χ1v) is 13.8. The van der Waals surface area contributed by atoms with Crippen LogP contribution in [0.25, 0.3) is 11.0 Å². The van der Waals surface area contributed by atoms with Crippen LogP contribution in [0.3, 0.4) is 0 Å². The van der Waals surface area contributed by atoms with Gasteiger partial charge in [-0.3, -0.25) is 9.52 Å². The number of benzene rings is 2. The number of para-hydroxylation sites is 2. The number of imidazole rings is 1. The number of alkyl halides is 3. The number of alkyl carbamates (subject to hydrolysis) is 1. The van der Waals surface area contributed by atoms with Gasteiger partial charge >= 0.3 is 18.2 Å². The monoisotopic (exact) mass is 618 g/mol. The minimum absolute atomic E-state index is 0.177. The van der Waals surface area contributed by atoms with E-state index in [-0.39, 0.29) is 11.4 Å². The Balaban J connectivity index is 0.000000587. The zero-order chi connectivity index (χ0) is 30.8. The molecule has 2 heterocycles. The summed E-state index contributed by atoms with van der Waals surface area (Å²) in [6.07, 6.45) is -5.54. The number of aromatic nitrogens is 2. The number of ether oxygens (including phenoxy) is 1. The van der Waals surface area contributed by atoms with Crippen LogP contribution in [0.1, 0.15) is 55.4 Å². The van der Waals surface area contributed by atoms with E-state index in [1.54, 1.807) is 39.0 Å². The molecule has 1 aliphatic rings. The number of carbonyl (C=O) groups is 3. The number of carboxylic acids is 1. The van der Waals surface area contributed by atoms with Crippen molar-refractivity contribution in [2.45, 2.75) is 56.7 Å². The number of halogens is 4. The Bertz CT molecular complexity index is 1540. The second-order valence-corrected chi connectivity index (χ2v) is 12.2. The van der Waals surface area contributed by atoms with E-state index < -0.39 is 51.1 Å². The number of aliphatic carboxylic acids is 1. The molecule has 1 aromatic heterocycles. The molecule has 0 bridgehead atoms. The summed E-state index contributed by atoms with van der Waals surface area (Å²) in [6.45, 7) is 5.33. The van der Waals surface area contributed by atoms with Crippen LogP contribution < -0.4 is 10.0 Å². The third-order valence-corrected chi connectivity index (χ3v) is 7.53. The molecule has 3 aromatic rings. The van der Waals surface area contributed by atoms with Crippen molar-refractivity contribution in [3.05, 3.63) is 64.4 Å². The number of nitrogens with one attached hydrogen (secondary N) is 3. The fourth-order valence-electron chi connectivity index (χ4n) is 3.82. The van der Waals surface area contributed by atoms with Crippen molar-refractivity contribution < 1.29 is 45.8 Å². The summed E-state index contributed by atoms with van der Waals surface area (Å²) < 4.78 is 63.6. The highest BCUT2D eigenvalue weighted by Crippen LogP contribution is 2.35. The van der Waals surface area contributed by atoms with Crippen molar-refractivity contribution in [3.8, 4) is 0 Å². The van der Waals surface area contributed by atoms with Crippen molar-refractivity contribution in [3.63, 3.8) is 0 Å². The quantitative estimate of drug-likeness (QED) is 0.323. The molecule has 2 amide bonds. The van der Waals surface area contributed by atoms with E-state index in [0.29, 0.717) is 17.8 Å². The van der Waals surface area contributed by atoms with Gasteiger partial charge in [-0.05, 0) is 50.1 Å². The average Bonchev–Trinajstić information content (AvgIpc) is 3.36. The molecule has 0 spiro atoms. The second kappa shape index (κ2) is 11.9. The number of fused-ring (bicyclic) bond motifs is 1. The number of sulfonamides is 1. The van der Waals surface area contributed by atoms with E-state index in [0.717, 1.165) is 16.6 Å². The number of aromatic amines is 1.